The summed E-state index contributed by atoms with van der Waals surface area (Å²) < 4.78 is 26.3. The molecule has 0 bridgehead atoms. The molecular formula is C21H29N3O4S. The summed E-state index contributed by atoms with van der Waals surface area (Å²) in [7, 11) is -3.91. The van der Waals surface area contributed by atoms with Crippen LogP contribution >= 0.6 is 0 Å². The lowest BCUT2D eigenvalue weighted by Crippen LogP contribution is -2.44. The fraction of sp³-hybridized carbons (Fsp3) is 0.524. The number of hydrogen-bond donors (Lipinski definition) is 1. The molecule has 0 saturated carbocycles. The van der Waals surface area contributed by atoms with Crippen molar-refractivity contribution in [2.45, 2.75) is 57.5 Å². The minimum absolute atomic E-state index is 0.0594. The monoisotopic (exact) mass is 419 g/mol. The largest absolute Gasteiger partial charge is 0.349 e. The van der Waals surface area contributed by atoms with Crippen molar-refractivity contribution in [2.75, 3.05) is 19.6 Å². The van der Waals surface area contributed by atoms with Crippen molar-refractivity contribution in [1.29, 1.82) is 0 Å². The SMILES string of the molecule is CC(C)=CCN1CCC(NC(=O)c2ccc3c(c2)S(=O)(=O)N(C(C)C)C3=O)CC1. The van der Waals surface area contributed by atoms with Crippen molar-refractivity contribution in [1.82, 2.24) is 14.5 Å². The Hall–Kier alpha value is -2.19. The van der Waals surface area contributed by atoms with Crippen LogP contribution in [0.2, 0.25) is 0 Å². The minimum Gasteiger partial charge on any atom is -0.349 e. The predicted molar refractivity (Wildman–Crippen MR) is 111 cm³/mol. The molecule has 1 saturated heterocycles. The lowest BCUT2D eigenvalue weighted by atomic mass is 10.0. The molecule has 0 aromatic heterocycles. The van der Waals surface area contributed by atoms with Gasteiger partial charge >= 0.3 is 0 Å². The second-order valence-electron chi connectivity index (χ2n) is 8.24. The summed E-state index contributed by atoms with van der Waals surface area (Å²) in [6.45, 7) is 10.2. The highest BCUT2D eigenvalue weighted by Crippen LogP contribution is 2.32. The van der Waals surface area contributed by atoms with E-state index in [1.54, 1.807) is 13.8 Å². The third-order valence-electron chi connectivity index (χ3n) is 5.36. The van der Waals surface area contributed by atoms with Crippen molar-refractivity contribution in [3.05, 3.63) is 41.0 Å². The first-order chi connectivity index (χ1) is 13.6. The second-order valence-corrected chi connectivity index (χ2v) is 10.0. The summed E-state index contributed by atoms with van der Waals surface area (Å²) in [5, 5.41) is 3.01. The number of carbonyl (C=O) groups is 2. The molecule has 8 heteroatoms. The average Bonchev–Trinajstić information content (AvgIpc) is 2.86. The van der Waals surface area contributed by atoms with Crippen molar-refractivity contribution >= 4 is 21.8 Å². The number of nitrogens with one attached hydrogen (secondary N) is 1. The third kappa shape index (κ3) is 4.38. The Morgan fingerprint density at radius 1 is 1.24 bits per heavy atom. The van der Waals surface area contributed by atoms with Gasteiger partial charge in [-0.2, -0.15) is 0 Å². The number of nitrogens with zero attached hydrogens (tertiary/aromatic N) is 2. The van der Waals surface area contributed by atoms with Gasteiger partial charge < -0.3 is 5.32 Å². The number of fused-ring (bicyclic) bond motifs is 1. The summed E-state index contributed by atoms with van der Waals surface area (Å²) >= 11 is 0. The van der Waals surface area contributed by atoms with E-state index in [-0.39, 0.29) is 28.0 Å². The van der Waals surface area contributed by atoms with Gasteiger partial charge in [-0.05, 0) is 58.7 Å². The van der Waals surface area contributed by atoms with E-state index in [4.69, 9.17) is 0 Å². The number of amides is 2. The highest BCUT2D eigenvalue weighted by Gasteiger charge is 2.43. The van der Waals surface area contributed by atoms with Crippen LogP contribution in [0.3, 0.4) is 0 Å². The quantitative estimate of drug-likeness (QED) is 0.741. The van der Waals surface area contributed by atoms with Crippen LogP contribution in [0.4, 0.5) is 0 Å². The standard InChI is InChI=1S/C21H29N3O4S/c1-14(2)7-10-23-11-8-17(9-12-23)22-20(25)16-5-6-18-19(13-16)29(27,28)24(15(3)4)21(18)26/h5-7,13,15,17H,8-12H2,1-4H3,(H,22,25). The van der Waals surface area contributed by atoms with E-state index in [2.05, 4.69) is 30.1 Å². The molecule has 1 fully saturated rings. The van der Waals surface area contributed by atoms with Crippen LogP contribution in [0.15, 0.2) is 34.7 Å². The molecule has 1 N–H and O–H groups in total. The van der Waals surface area contributed by atoms with Crippen LogP contribution in [0.25, 0.3) is 0 Å². The minimum atomic E-state index is -3.91. The Labute approximate surface area is 172 Å². The topological polar surface area (TPSA) is 86.8 Å². The first-order valence-electron chi connectivity index (χ1n) is 10.0. The highest BCUT2D eigenvalue weighted by atomic mass is 32.2. The molecule has 29 heavy (non-hydrogen) atoms. The molecule has 0 spiro atoms. The highest BCUT2D eigenvalue weighted by molar-refractivity contribution is 7.90. The van der Waals surface area contributed by atoms with Crippen molar-refractivity contribution in [3.8, 4) is 0 Å². The molecule has 7 nitrogen and oxygen atoms in total. The molecule has 0 atom stereocenters. The van der Waals surface area contributed by atoms with Gasteiger partial charge in [0.15, 0.2) is 0 Å². The predicted octanol–water partition coefficient (Wildman–Crippen LogP) is 2.40. The van der Waals surface area contributed by atoms with E-state index in [0.29, 0.717) is 0 Å². The fourth-order valence-electron chi connectivity index (χ4n) is 3.74. The van der Waals surface area contributed by atoms with Gasteiger partial charge in [0, 0.05) is 37.3 Å². The summed E-state index contributed by atoms with van der Waals surface area (Å²) in [5.41, 5.74) is 1.68. The van der Waals surface area contributed by atoms with Crippen molar-refractivity contribution < 1.29 is 18.0 Å². The Bertz CT molecular complexity index is 941. The van der Waals surface area contributed by atoms with E-state index >= 15 is 0 Å². The molecule has 2 aliphatic rings. The Balaban J connectivity index is 1.68. The molecule has 3 rings (SSSR count). The van der Waals surface area contributed by atoms with Crippen LogP contribution in [-0.2, 0) is 10.0 Å². The van der Waals surface area contributed by atoms with Crippen LogP contribution in [0.5, 0.6) is 0 Å². The molecule has 158 valence electrons. The maximum Gasteiger partial charge on any atom is 0.269 e. The lowest BCUT2D eigenvalue weighted by Gasteiger charge is -2.31. The van der Waals surface area contributed by atoms with E-state index < -0.39 is 22.0 Å². The van der Waals surface area contributed by atoms with Gasteiger partial charge in [-0.15, -0.1) is 0 Å². The number of sulfonamides is 1. The zero-order chi connectivity index (χ0) is 21.3. The Kier molecular flexibility index (Phi) is 6.14. The number of hydrogen-bond acceptors (Lipinski definition) is 5. The maximum atomic E-state index is 12.7. The maximum absolute atomic E-state index is 12.7. The van der Waals surface area contributed by atoms with Gasteiger partial charge in [-0.3, -0.25) is 14.5 Å². The molecule has 1 aromatic rings. The Morgan fingerprint density at radius 2 is 1.90 bits per heavy atom. The zero-order valence-electron chi connectivity index (χ0n) is 17.4. The Morgan fingerprint density at radius 3 is 2.48 bits per heavy atom. The van der Waals surface area contributed by atoms with Crippen LogP contribution in [-0.4, -0.2) is 61.2 Å². The summed E-state index contributed by atoms with van der Waals surface area (Å²) in [6, 6.07) is 3.87. The number of allylic oxidation sites excluding steroid dienone is 1. The van der Waals surface area contributed by atoms with Gasteiger partial charge in [-0.1, -0.05) is 11.6 Å². The summed E-state index contributed by atoms with van der Waals surface area (Å²) in [4.78, 5) is 27.4. The third-order valence-corrected chi connectivity index (χ3v) is 7.36. The zero-order valence-corrected chi connectivity index (χ0v) is 18.3. The number of piperidine rings is 1. The van der Waals surface area contributed by atoms with Crippen LogP contribution < -0.4 is 5.32 Å². The number of rotatable bonds is 5. The number of likely N-dealkylation sites (tertiary alicyclic amines) is 1. The van der Waals surface area contributed by atoms with Gasteiger partial charge in [0.05, 0.1) is 5.56 Å². The first kappa shape index (κ1) is 21.5. The van der Waals surface area contributed by atoms with E-state index in [0.717, 1.165) is 36.8 Å². The molecular weight excluding hydrogens is 390 g/mol. The van der Waals surface area contributed by atoms with Gasteiger partial charge in [0.25, 0.3) is 21.8 Å². The molecule has 2 heterocycles. The molecule has 0 unspecified atom stereocenters. The fourth-order valence-corrected chi connectivity index (χ4v) is 5.53. The summed E-state index contributed by atoms with van der Waals surface area (Å²) in [6.07, 6.45) is 3.90. The lowest BCUT2D eigenvalue weighted by molar-refractivity contribution is 0.0844. The second kappa shape index (κ2) is 8.28. The van der Waals surface area contributed by atoms with E-state index in [9.17, 15) is 18.0 Å². The first-order valence-corrected chi connectivity index (χ1v) is 11.4. The molecule has 0 radical (unpaired) electrons. The molecule has 0 aliphatic carbocycles. The molecule has 1 aromatic carbocycles. The van der Waals surface area contributed by atoms with Crippen molar-refractivity contribution in [3.63, 3.8) is 0 Å². The van der Waals surface area contributed by atoms with E-state index in [1.807, 2.05) is 0 Å². The smallest absolute Gasteiger partial charge is 0.269 e. The number of carbonyl (C=O) groups excluding carboxylic acids is 2. The molecule has 2 aliphatic heterocycles. The van der Waals surface area contributed by atoms with Crippen LogP contribution in [0, 0.1) is 0 Å². The summed E-state index contributed by atoms with van der Waals surface area (Å²) in [5.74, 6) is -0.841. The van der Waals surface area contributed by atoms with E-state index in [1.165, 1.54) is 23.8 Å². The van der Waals surface area contributed by atoms with Crippen molar-refractivity contribution in [2.24, 2.45) is 0 Å². The van der Waals surface area contributed by atoms with Crippen LogP contribution in [0.1, 0.15) is 61.3 Å². The van der Waals surface area contributed by atoms with Gasteiger partial charge in [0.2, 0.25) is 0 Å². The van der Waals surface area contributed by atoms with Gasteiger partial charge in [-0.25, -0.2) is 12.7 Å². The normalized spacial score (nSPS) is 19.3. The number of benzene rings is 1. The molecule has 2 amide bonds. The van der Waals surface area contributed by atoms with Gasteiger partial charge in [0.1, 0.15) is 4.90 Å². The average molecular weight is 420 g/mol.